The molecule has 0 fully saturated rings. The van der Waals surface area contributed by atoms with E-state index in [0.29, 0.717) is 22.6 Å². The Morgan fingerprint density at radius 3 is 2.83 bits per heavy atom. The predicted molar refractivity (Wildman–Crippen MR) is 83.8 cm³/mol. The molecular weight excluding hydrogens is 320 g/mol. The maximum Gasteiger partial charge on any atom is 0.329 e. The summed E-state index contributed by atoms with van der Waals surface area (Å²) in [6, 6.07) is 6.54. The van der Waals surface area contributed by atoms with Crippen molar-refractivity contribution in [1.82, 2.24) is 0 Å². The van der Waals surface area contributed by atoms with E-state index in [1.807, 2.05) is 0 Å². The zero-order valence-corrected chi connectivity index (χ0v) is 13.2. The summed E-state index contributed by atoms with van der Waals surface area (Å²) in [5, 5.41) is -0.763. The molecule has 0 saturated carbocycles. The molecule has 0 aliphatic carbocycles. The molecule has 5 nitrogen and oxygen atoms in total. The third-order valence-corrected chi connectivity index (χ3v) is 3.48. The van der Waals surface area contributed by atoms with Gasteiger partial charge in [-0.25, -0.2) is 0 Å². The van der Waals surface area contributed by atoms with Crippen molar-refractivity contribution in [2.45, 2.75) is 19.2 Å². The Labute approximate surface area is 137 Å². The summed E-state index contributed by atoms with van der Waals surface area (Å²) in [6.07, 6.45) is 3.03. The van der Waals surface area contributed by atoms with Crippen molar-refractivity contribution in [3.05, 3.63) is 53.2 Å². The zero-order chi connectivity index (χ0) is 16.6. The summed E-state index contributed by atoms with van der Waals surface area (Å²) >= 11 is 5.68. The Balaban J connectivity index is 1.93. The van der Waals surface area contributed by atoms with Crippen LogP contribution < -0.4 is 9.47 Å². The van der Waals surface area contributed by atoms with E-state index in [-0.39, 0.29) is 17.3 Å². The first kappa shape index (κ1) is 15.4. The minimum Gasteiger partial charge on any atom is -0.465 e. The second-order valence-electron chi connectivity index (χ2n) is 5.11. The fourth-order valence-electron chi connectivity index (χ4n) is 2.24. The van der Waals surface area contributed by atoms with Gasteiger partial charge >= 0.3 is 5.97 Å². The molecule has 0 N–H and O–H groups in total. The number of fused-ring (bicyclic) bond motifs is 1. The average molecular weight is 333 g/mol. The summed E-state index contributed by atoms with van der Waals surface area (Å²) < 4.78 is 15.9. The van der Waals surface area contributed by atoms with Gasteiger partial charge in [-0.05, 0) is 37.6 Å². The number of halogens is 1. The van der Waals surface area contributed by atoms with E-state index in [1.54, 1.807) is 25.1 Å². The van der Waals surface area contributed by atoms with Gasteiger partial charge in [0.05, 0.1) is 11.8 Å². The molecule has 2 heterocycles. The molecule has 0 amide bonds. The molecule has 1 unspecified atom stereocenters. The minimum atomic E-state index is -0.763. The Morgan fingerprint density at radius 2 is 2.17 bits per heavy atom. The van der Waals surface area contributed by atoms with Gasteiger partial charge in [-0.2, -0.15) is 0 Å². The number of carbonyl (C=O) groups excluding carboxylic acids is 2. The number of esters is 1. The third kappa shape index (κ3) is 3.00. The number of rotatable bonds is 3. The van der Waals surface area contributed by atoms with Gasteiger partial charge in [0.25, 0.3) is 0 Å². The van der Waals surface area contributed by atoms with Crippen molar-refractivity contribution in [2.75, 3.05) is 0 Å². The Hall–Kier alpha value is -2.53. The molecule has 2 aromatic rings. The van der Waals surface area contributed by atoms with Crippen LogP contribution >= 0.6 is 11.6 Å². The topological polar surface area (TPSA) is 65.7 Å². The summed E-state index contributed by atoms with van der Waals surface area (Å²) in [5.41, 5.74) is 1.10. The minimum absolute atomic E-state index is 0.159. The first-order chi connectivity index (χ1) is 11.0. The largest absolute Gasteiger partial charge is 0.465 e. The van der Waals surface area contributed by atoms with Crippen molar-refractivity contribution in [3.63, 3.8) is 0 Å². The van der Waals surface area contributed by atoms with Crippen LogP contribution in [0.4, 0.5) is 0 Å². The molecule has 6 heteroatoms. The van der Waals surface area contributed by atoms with E-state index < -0.39 is 11.3 Å². The van der Waals surface area contributed by atoms with Crippen molar-refractivity contribution in [3.8, 4) is 11.5 Å². The van der Waals surface area contributed by atoms with Crippen LogP contribution in [-0.4, -0.2) is 17.1 Å². The zero-order valence-electron chi connectivity index (χ0n) is 12.5. The van der Waals surface area contributed by atoms with Crippen LogP contribution in [0.25, 0.3) is 6.08 Å². The molecule has 23 heavy (non-hydrogen) atoms. The summed E-state index contributed by atoms with van der Waals surface area (Å²) in [6.45, 7) is 3.27. The van der Waals surface area contributed by atoms with E-state index in [2.05, 4.69) is 0 Å². The summed E-state index contributed by atoms with van der Waals surface area (Å²) in [5.74, 6) is 0.497. The van der Waals surface area contributed by atoms with E-state index in [9.17, 15) is 9.59 Å². The monoisotopic (exact) mass is 332 g/mol. The summed E-state index contributed by atoms with van der Waals surface area (Å²) in [7, 11) is 0. The van der Waals surface area contributed by atoms with E-state index in [0.717, 1.165) is 0 Å². The SMILES string of the molecule is Cc1cc(OC(=O)C(C)Cl)cc2c1C(=O)/C(=C/c1ccco1)O2. The number of benzene rings is 1. The number of carbonyl (C=O) groups is 2. The maximum atomic E-state index is 12.4. The van der Waals surface area contributed by atoms with Crippen LogP contribution in [-0.2, 0) is 4.79 Å². The van der Waals surface area contributed by atoms with Crippen molar-refractivity contribution in [2.24, 2.45) is 0 Å². The highest BCUT2D eigenvalue weighted by Crippen LogP contribution is 2.37. The van der Waals surface area contributed by atoms with Crippen molar-refractivity contribution >= 4 is 29.4 Å². The lowest BCUT2D eigenvalue weighted by atomic mass is 10.0. The van der Waals surface area contributed by atoms with Gasteiger partial charge in [-0.15, -0.1) is 11.6 Å². The smallest absolute Gasteiger partial charge is 0.329 e. The average Bonchev–Trinajstić information content (AvgIpc) is 3.08. The van der Waals surface area contributed by atoms with E-state index >= 15 is 0 Å². The van der Waals surface area contributed by atoms with Gasteiger partial charge in [-0.3, -0.25) is 9.59 Å². The molecule has 1 aromatic heterocycles. The molecule has 0 spiro atoms. The number of aryl methyl sites for hydroxylation is 1. The third-order valence-electron chi connectivity index (χ3n) is 3.30. The molecule has 0 saturated heterocycles. The molecule has 0 radical (unpaired) electrons. The number of ether oxygens (including phenoxy) is 2. The standard InChI is InChI=1S/C17H13ClO5/c1-9-6-12(22-17(20)10(2)18)8-13-15(9)16(19)14(23-13)7-11-4-3-5-21-11/h3-8,10H,1-2H3/b14-7-. The van der Waals surface area contributed by atoms with Crippen LogP contribution in [0, 0.1) is 6.92 Å². The second kappa shape index (κ2) is 5.93. The molecular formula is C17H13ClO5. The molecule has 3 rings (SSSR count). The van der Waals surface area contributed by atoms with Crippen LogP contribution in [0.5, 0.6) is 11.5 Å². The highest BCUT2D eigenvalue weighted by atomic mass is 35.5. The second-order valence-corrected chi connectivity index (χ2v) is 5.76. The fraction of sp³-hybridized carbons (Fsp3) is 0.176. The molecule has 118 valence electrons. The molecule has 0 bridgehead atoms. The molecule has 1 aliphatic rings. The lowest BCUT2D eigenvalue weighted by molar-refractivity contribution is -0.133. The molecule has 1 atom stereocenters. The Bertz CT molecular complexity index is 803. The van der Waals surface area contributed by atoms with E-state index in [4.69, 9.17) is 25.5 Å². The van der Waals surface area contributed by atoms with Gasteiger partial charge < -0.3 is 13.9 Å². The highest BCUT2D eigenvalue weighted by molar-refractivity contribution is 6.29. The number of hydrogen-bond acceptors (Lipinski definition) is 5. The number of ketones is 1. The Morgan fingerprint density at radius 1 is 1.39 bits per heavy atom. The van der Waals surface area contributed by atoms with Gasteiger partial charge in [-0.1, -0.05) is 0 Å². The summed E-state index contributed by atoms with van der Waals surface area (Å²) in [4.78, 5) is 24.0. The number of hydrogen-bond donors (Lipinski definition) is 0. The van der Waals surface area contributed by atoms with Gasteiger partial charge in [0, 0.05) is 12.1 Å². The van der Waals surface area contributed by atoms with Crippen molar-refractivity contribution < 1.29 is 23.5 Å². The lowest BCUT2D eigenvalue weighted by Crippen LogP contribution is -2.17. The first-order valence-electron chi connectivity index (χ1n) is 6.94. The number of Topliss-reactive ketones (excluding diaryl/α,β-unsaturated/α-hetero) is 1. The van der Waals surface area contributed by atoms with Gasteiger partial charge in [0.2, 0.25) is 5.78 Å². The van der Waals surface area contributed by atoms with Crippen LogP contribution in [0.15, 0.2) is 40.7 Å². The number of furan rings is 1. The lowest BCUT2D eigenvalue weighted by Gasteiger charge is -2.08. The first-order valence-corrected chi connectivity index (χ1v) is 7.37. The van der Waals surface area contributed by atoms with Crippen LogP contribution in [0.1, 0.15) is 28.6 Å². The van der Waals surface area contributed by atoms with Crippen molar-refractivity contribution in [1.29, 1.82) is 0 Å². The normalized spacial score (nSPS) is 16.1. The van der Waals surface area contributed by atoms with Crippen LogP contribution in [0.3, 0.4) is 0 Å². The number of alkyl halides is 1. The van der Waals surface area contributed by atoms with Gasteiger partial charge in [0.15, 0.2) is 5.76 Å². The molecule has 1 aliphatic heterocycles. The number of allylic oxidation sites excluding steroid dienone is 1. The van der Waals surface area contributed by atoms with Crippen LogP contribution in [0.2, 0.25) is 0 Å². The predicted octanol–water partition coefficient (Wildman–Crippen LogP) is 3.74. The highest BCUT2D eigenvalue weighted by Gasteiger charge is 2.30. The van der Waals surface area contributed by atoms with E-state index in [1.165, 1.54) is 25.3 Å². The maximum absolute atomic E-state index is 12.4. The fourth-order valence-corrected chi connectivity index (χ4v) is 2.28. The Kier molecular flexibility index (Phi) is 3.96. The van der Waals surface area contributed by atoms with Gasteiger partial charge in [0.1, 0.15) is 22.6 Å². The quantitative estimate of drug-likeness (QED) is 0.371. The molecule has 1 aromatic carbocycles.